The molecule has 0 aliphatic carbocycles. The third kappa shape index (κ3) is 7.06. The van der Waals surface area contributed by atoms with Crippen LogP contribution in [0.25, 0.3) is 0 Å². The van der Waals surface area contributed by atoms with E-state index in [9.17, 15) is 0 Å². The van der Waals surface area contributed by atoms with Gasteiger partial charge >= 0.3 is 0 Å². The third-order valence-electron chi connectivity index (χ3n) is 3.95. The van der Waals surface area contributed by atoms with Crippen LogP contribution < -0.4 is 5.32 Å². The van der Waals surface area contributed by atoms with Gasteiger partial charge in [0, 0.05) is 13.2 Å². The SMILES string of the molecule is CCCNC(CCc1ccccc1)CCC(C)(C)OC. The topological polar surface area (TPSA) is 21.3 Å². The number of ether oxygens (including phenoxy) is 1. The van der Waals surface area contributed by atoms with E-state index < -0.39 is 0 Å². The second kappa shape index (κ2) is 9.15. The molecule has 1 unspecified atom stereocenters. The Morgan fingerprint density at radius 2 is 1.85 bits per heavy atom. The minimum absolute atomic E-state index is 0.0150. The molecule has 1 rings (SSSR count). The van der Waals surface area contributed by atoms with Crippen LogP contribution >= 0.6 is 0 Å². The number of nitrogens with one attached hydrogen (secondary N) is 1. The van der Waals surface area contributed by atoms with Gasteiger partial charge in [-0.3, -0.25) is 0 Å². The van der Waals surface area contributed by atoms with Crippen LogP contribution in [0.3, 0.4) is 0 Å². The highest BCUT2D eigenvalue weighted by Crippen LogP contribution is 2.18. The van der Waals surface area contributed by atoms with Gasteiger partial charge in [-0.2, -0.15) is 0 Å². The summed E-state index contributed by atoms with van der Waals surface area (Å²) in [5, 5.41) is 3.68. The first-order valence-corrected chi connectivity index (χ1v) is 7.90. The summed E-state index contributed by atoms with van der Waals surface area (Å²) in [7, 11) is 1.80. The molecule has 2 nitrogen and oxygen atoms in total. The molecular formula is C18H31NO. The van der Waals surface area contributed by atoms with E-state index in [1.54, 1.807) is 7.11 Å². The lowest BCUT2D eigenvalue weighted by Crippen LogP contribution is -2.33. The summed E-state index contributed by atoms with van der Waals surface area (Å²) < 4.78 is 5.53. The summed E-state index contributed by atoms with van der Waals surface area (Å²) in [5.74, 6) is 0. The molecule has 1 aromatic rings. The number of rotatable bonds is 10. The summed E-state index contributed by atoms with van der Waals surface area (Å²) in [6.45, 7) is 7.66. The zero-order valence-electron chi connectivity index (χ0n) is 13.6. The number of benzene rings is 1. The largest absolute Gasteiger partial charge is 0.379 e. The van der Waals surface area contributed by atoms with Crippen molar-refractivity contribution in [2.24, 2.45) is 0 Å². The first kappa shape index (κ1) is 17.2. The highest BCUT2D eigenvalue weighted by atomic mass is 16.5. The lowest BCUT2D eigenvalue weighted by Gasteiger charge is -2.26. The Labute approximate surface area is 124 Å². The summed E-state index contributed by atoms with van der Waals surface area (Å²) in [4.78, 5) is 0. The fraction of sp³-hybridized carbons (Fsp3) is 0.667. The van der Waals surface area contributed by atoms with Crippen LogP contribution in [0.1, 0.15) is 52.0 Å². The highest BCUT2D eigenvalue weighted by Gasteiger charge is 2.18. The molecule has 1 atom stereocenters. The summed E-state index contributed by atoms with van der Waals surface area (Å²) >= 11 is 0. The van der Waals surface area contributed by atoms with Gasteiger partial charge in [-0.05, 0) is 58.1 Å². The maximum absolute atomic E-state index is 5.53. The molecule has 0 bridgehead atoms. The van der Waals surface area contributed by atoms with Gasteiger partial charge < -0.3 is 10.1 Å². The molecule has 0 heterocycles. The van der Waals surface area contributed by atoms with Crippen LogP contribution in [0.15, 0.2) is 30.3 Å². The van der Waals surface area contributed by atoms with Crippen LogP contribution in [-0.4, -0.2) is 25.3 Å². The third-order valence-corrected chi connectivity index (χ3v) is 3.95. The van der Waals surface area contributed by atoms with E-state index in [0.29, 0.717) is 6.04 Å². The van der Waals surface area contributed by atoms with E-state index in [-0.39, 0.29) is 5.60 Å². The van der Waals surface area contributed by atoms with Crippen LogP contribution in [0.4, 0.5) is 0 Å². The van der Waals surface area contributed by atoms with Crippen molar-refractivity contribution < 1.29 is 4.74 Å². The Balaban J connectivity index is 2.43. The smallest absolute Gasteiger partial charge is 0.0623 e. The Bertz CT molecular complexity index is 348. The average molecular weight is 277 g/mol. The van der Waals surface area contributed by atoms with E-state index in [1.165, 1.54) is 24.8 Å². The molecule has 1 aromatic carbocycles. The number of hydrogen-bond donors (Lipinski definition) is 1. The van der Waals surface area contributed by atoms with Crippen molar-refractivity contribution in [3.8, 4) is 0 Å². The molecule has 0 aliphatic heterocycles. The molecule has 0 aromatic heterocycles. The van der Waals surface area contributed by atoms with Gasteiger partial charge in [0.15, 0.2) is 0 Å². The molecule has 0 amide bonds. The van der Waals surface area contributed by atoms with E-state index >= 15 is 0 Å². The van der Waals surface area contributed by atoms with E-state index in [1.807, 2.05) is 0 Å². The molecule has 0 spiro atoms. The second-order valence-electron chi connectivity index (χ2n) is 6.18. The van der Waals surface area contributed by atoms with E-state index in [2.05, 4.69) is 56.4 Å². The van der Waals surface area contributed by atoms with Crippen LogP contribution in [0.2, 0.25) is 0 Å². The standard InChI is InChI=1S/C18H31NO/c1-5-15-19-17(13-14-18(2,3)20-4)12-11-16-9-7-6-8-10-16/h6-10,17,19H,5,11-15H2,1-4H3. The predicted molar refractivity (Wildman–Crippen MR) is 87.2 cm³/mol. The van der Waals surface area contributed by atoms with Gasteiger partial charge in [0.1, 0.15) is 0 Å². The Morgan fingerprint density at radius 1 is 1.15 bits per heavy atom. The van der Waals surface area contributed by atoms with Crippen molar-refractivity contribution in [2.75, 3.05) is 13.7 Å². The van der Waals surface area contributed by atoms with Crippen molar-refractivity contribution in [1.82, 2.24) is 5.32 Å². The van der Waals surface area contributed by atoms with Gasteiger partial charge in [-0.15, -0.1) is 0 Å². The predicted octanol–water partition coefficient (Wildman–Crippen LogP) is 4.19. The number of hydrogen-bond acceptors (Lipinski definition) is 2. The zero-order valence-corrected chi connectivity index (χ0v) is 13.6. The molecule has 0 radical (unpaired) electrons. The molecule has 0 saturated heterocycles. The molecule has 0 saturated carbocycles. The highest BCUT2D eigenvalue weighted by molar-refractivity contribution is 5.14. The van der Waals surface area contributed by atoms with Gasteiger partial charge in [0.25, 0.3) is 0 Å². The van der Waals surface area contributed by atoms with Crippen molar-refractivity contribution in [3.63, 3.8) is 0 Å². The van der Waals surface area contributed by atoms with Crippen LogP contribution in [0.5, 0.6) is 0 Å². The Hall–Kier alpha value is -0.860. The fourth-order valence-electron chi connectivity index (χ4n) is 2.31. The maximum Gasteiger partial charge on any atom is 0.0623 e. The Kier molecular flexibility index (Phi) is 7.86. The molecule has 2 heteroatoms. The molecule has 1 N–H and O–H groups in total. The van der Waals surface area contributed by atoms with Crippen molar-refractivity contribution in [2.45, 2.75) is 64.5 Å². The first-order chi connectivity index (χ1) is 9.57. The van der Waals surface area contributed by atoms with Crippen molar-refractivity contribution >= 4 is 0 Å². The number of methoxy groups -OCH3 is 1. The monoisotopic (exact) mass is 277 g/mol. The summed E-state index contributed by atoms with van der Waals surface area (Å²) in [6.07, 6.45) is 5.81. The van der Waals surface area contributed by atoms with E-state index in [4.69, 9.17) is 4.74 Å². The van der Waals surface area contributed by atoms with Crippen molar-refractivity contribution in [1.29, 1.82) is 0 Å². The molecule has 0 fully saturated rings. The van der Waals surface area contributed by atoms with Crippen molar-refractivity contribution in [3.05, 3.63) is 35.9 Å². The molecular weight excluding hydrogens is 246 g/mol. The molecule has 0 aliphatic rings. The molecule has 20 heavy (non-hydrogen) atoms. The second-order valence-corrected chi connectivity index (χ2v) is 6.18. The number of aryl methyl sites for hydroxylation is 1. The average Bonchev–Trinajstić information content (AvgIpc) is 2.47. The summed E-state index contributed by atoms with van der Waals surface area (Å²) in [6, 6.07) is 11.4. The lowest BCUT2D eigenvalue weighted by atomic mass is 9.95. The zero-order chi connectivity index (χ0) is 14.8. The van der Waals surface area contributed by atoms with Gasteiger partial charge in [-0.25, -0.2) is 0 Å². The lowest BCUT2D eigenvalue weighted by molar-refractivity contribution is 0.0115. The molecule has 114 valence electrons. The first-order valence-electron chi connectivity index (χ1n) is 7.90. The van der Waals surface area contributed by atoms with Gasteiger partial charge in [0.05, 0.1) is 5.60 Å². The maximum atomic E-state index is 5.53. The Morgan fingerprint density at radius 3 is 2.45 bits per heavy atom. The van der Waals surface area contributed by atoms with Gasteiger partial charge in [0.2, 0.25) is 0 Å². The normalized spacial score (nSPS) is 13.4. The van der Waals surface area contributed by atoms with Crippen LogP contribution in [0, 0.1) is 0 Å². The van der Waals surface area contributed by atoms with E-state index in [0.717, 1.165) is 19.4 Å². The van der Waals surface area contributed by atoms with Crippen LogP contribution in [-0.2, 0) is 11.2 Å². The summed E-state index contributed by atoms with van der Waals surface area (Å²) in [5.41, 5.74) is 1.42. The fourth-order valence-corrected chi connectivity index (χ4v) is 2.31. The minimum Gasteiger partial charge on any atom is -0.379 e. The quantitative estimate of drug-likeness (QED) is 0.692. The van der Waals surface area contributed by atoms with Gasteiger partial charge in [-0.1, -0.05) is 37.3 Å². The minimum atomic E-state index is -0.0150.